The molecule has 3 nitrogen and oxygen atoms in total. The molecule has 2 rings (SSSR count). The highest BCUT2D eigenvalue weighted by atomic mass is 16.5. The highest BCUT2D eigenvalue weighted by Gasteiger charge is 2.03. The minimum Gasteiger partial charge on any atom is -0.457 e. The van der Waals surface area contributed by atoms with Crippen LogP contribution in [-0.4, -0.2) is 27.3 Å². The molecule has 0 radical (unpaired) electrons. The van der Waals surface area contributed by atoms with Gasteiger partial charge in [0.05, 0.1) is 6.61 Å². The fraction of sp³-hybridized carbons (Fsp3) is 0.368. The van der Waals surface area contributed by atoms with Crippen LogP contribution >= 0.6 is 0 Å². The molecule has 0 amide bonds. The molecule has 0 N–H and O–H groups in total. The number of likely N-dealkylation sites (N-methyl/N-ethyl adjacent to an activating group) is 1. The van der Waals surface area contributed by atoms with Gasteiger partial charge in [-0.3, -0.25) is 0 Å². The lowest BCUT2D eigenvalue weighted by molar-refractivity contribution is 0.206. The molecule has 0 aliphatic rings. The van der Waals surface area contributed by atoms with Crippen LogP contribution in [0.5, 0.6) is 11.5 Å². The SMILES string of the molecule is COCCN(C)c1ccc(Oc2ccc(C(C)C)cc2)cc1. The van der Waals surface area contributed by atoms with Gasteiger partial charge >= 0.3 is 0 Å². The fourth-order valence-electron chi connectivity index (χ4n) is 2.18. The summed E-state index contributed by atoms with van der Waals surface area (Å²) >= 11 is 0. The van der Waals surface area contributed by atoms with Crippen LogP contribution in [-0.2, 0) is 4.74 Å². The maximum absolute atomic E-state index is 5.89. The molecule has 2 aromatic rings. The zero-order valence-corrected chi connectivity index (χ0v) is 13.9. The first-order valence-electron chi connectivity index (χ1n) is 7.68. The lowest BCUT2D eigenvalue weighted by Crippen LogP contribution is -2.21. The number of methoxy groups -OCH3 is 1. The predicted molar refractivity (Wildman–Crippen MR) is 92.2 cm³/mol. The van der Waals surface area contributed by atoms with E-state index in [1.54, 1.807) is 7.11 Å². The van der Waals surface area contributed by atoms with E-state index in [-0.39, 0.29) is 0 Å². The van der Waals surface area contributed by atoms with Crippen molar-refractivity contribution < 1.29 is 9.47 Å². The Morgan fingerprint density at radius 1 is 0.909 bits per heavy atom. The summed E-state index contributed by atoms with van der Waals surface area (Å²) in [5.74, 6) is 2.25. The monoisotopic (exact) mass is 299 g/mol. The van der Waals surface area contributed by atoms with Crippen molar-refractivity contribution in [2.45, 2.75) is 19.8 Å². The van der Waals surface area contributed by atoms with Crippen molar-refractivity contribution >= 4 is 5.69 Å². The largest absolute Gasteiger partial charge is 0.457 e. The van der Waals surface area contributed by atoms with Gasteiger partial charge in [0.15, 0.2) is 0 Å². The molecule has 3 heteroatoms. The van der Waals surface area contributed by atoms with Crippen molar-refractivity contribution in [3.63, 3.8) is 0 Å². The Morgan fingerprint density at radius 2 is 1.45 bits per heavy atom. The lowest BCUT2D eigenvalue weighted by Gasteiger charge is -2.19. The second kappa shape index (κ2) is 7.85. The van der Waals surface area contributed by atoms with Gasteiger partial charge in [-0.2, -0.15) is 0 Å². The summed E-state index contributed by atoms with van der Waals surface area (Å²) in [6, 6.07) is 16.4. The highest BCUT2D eigenvalue weighted by molar-refractivity contribution is 5.49. The number of rotatable bonds is 7. The molecule has 0 aliphatic heterocycles. The first-order chi connectivity index (χ1) is 10.6. The first-order valence-corrected chi connectivity index (χ1v) is 7.68. The maximum Gasteiger partial charge on any atom is 0.127 e. The Morgan fingerprint density at radius 3 is 1.95 bits per heavy atom. The molecule has 0 saturated carbocycles. The number of nitrogens with zero attached hydrogens (tertiary/aromatic N) is 1. The van der Waals surface area contributed by atoms with Gasteiger partial charge in [-0.1, -0.05) is 26.0 Å². The van der Waals surface area contributed by atoms with Gasteiger partial charge in [0.2, 0.25) is 0 Å². The maximum atomic E-state index is 5.89. The summed E-state index contributed by atoms with van der Waals surface area (Å²) in [4.78, 5) is 2.16. The minimum atomic E-state index is 0.538. The van der Waals surface area contributed by atoms with Crippen molar-refractivity contribution in [1.29, 1.82) is 0 Å². The Kier molecular flexibility index (Phi) is 5.84. The van der Waals surface area contributed by atoms with Crippen LogP contribution in [0.15, 0.2) is 48.5 Å². The minimum absolute atomic E-state index is 0.538. The number of anilines is 1. The van der Waals surface area contributed by atoms with Crippen molar-refractivity contribution in [2.24, 2.45) is 0 Å². The Hall–Kier alpha value is -2.00. The molecule has 0 bridgehead atoms. The lowest BCUT2D eigenvalue weighted by atomic mass is 10.0. The third-order valence-corrected chi connectivity index (χ3v) is 3.69. The molecule has 0 atom stereocenters. The van der Waals surface area contributed by atoms with Gasteiger partial charge in [-0.05, 0) is 47.9 Å². The van der Waals surface area contributed by atoms with Crippen LogP contribution in [0, 0.1) is 0 Å². The second-order valence-corrected chi connectivity index (χ2v) is 5.73. The Balaban J connectivity index is 1.98. The van der Waals surface area contributed by atoms with Crippen molar-refractivity contribution in [3.8, 4) is 11.5 Å². The van der Waals surface area contributed by atoms with Crippen LogP contribution in [0.1, 0.15) is 25.3 Å². The molecule has 0 unspecified atom stereocenters. The van der Waals surface area contributed by atoms with Gasteiger partial charge < -0.3 is 14.4 Å². The van der Waals surface area contributed by atoms with E-state index in [2.05, 4.69) is 50.1 Å². The van der Waals surface area contributed by atoms with Gasteiger partial charge in [0, 0.05) is 26.4 Å². The van der Waals surface area contributed by atoms with Crippen LogP contribution in [0.2, 0.25) is 0 Å². The molecule has 0 spiro atoms. The molecule has 0 aliphatic carbocycles. The number of ether oxygens (including phenoxy) is 2. The van der Waals surface area contributed by atoms with Gasteiger partial charge in [-0.25, -0.2) is 0 Å². The van der Waals surface area contributed by atoms with Gasteiger partial charge in [0.1, 0.15) is 11.5 Å². The molecule has 0 fully saturated rings. The van der Waals surface area contributed by atoms with Crippen molar-refractivity contribution in [1.82, 2.24) is 0 Å². The second-order valence-electron chi connectivity index (χ2n) is 5.73. The number of hydrogen-bond donors (Lipinski definition) is 0. The summed E-state index contributed by atoms with van der Waals surface area (Å²) in [5, 5.41) is 0. The average Bonchev–Trinajstić information content (AvgIpc) is 2.54. The summed E-state index contributed by atoms with van der Waals surface area (Å²) in [5.41, 5.74) is 2.47. The van der Waals surface area contributed by atoms with Crippen LogP contribution in [0.4, 0.5) is 5.69 Å². The van der Waals surface area contributed by atoms with E-state index in [1.807, 2.05) is 24.3 Å². The third-order valence-electron chi connectivity index (χ3n) is 3.69. The summed E-state index contributed by atoms with van der Waals surface area (Å²) in [6.07, 6.45) is 0. The molecular formula is C19H25NO2. The van der Waals surface area contributed by atoms with E-state index in [0.29, 0.717) is 5.92 Å². The highest BCUT2D eigenvalue weighted by Crippen LogP contribution is 2.25. The third kappa shape index (κ3) is 4.50. The number of benzene rings is 2. The first kappa shape index (κ1) is 16.4. The van der Waals surface area contributed by atoms with E-state index in [1.165, 1.54) is 5.56 Å². The standard InChI is InChI=1S/C19H25NO2/c1-15(2)16-5-9-18(10-6-16)22-19-11-7-17(8-12-19)20(3)13-14-21-4/h5-12,15H,13-14H2,1-4H3. The van der Waals surface area contributed by atoms with Crippen molar-refractivity contribution in [2.75, 3.05) is 32.2 Å². The molecule has 22 heavy (non-hydrogen) atoms. The molecule has 0 aromatic heterocycles. The topological polar surface area (TPSA) is 21.7 Å². The average molecular weight is 299 g/mol. The molecule has 0 heterocycles. The normalized spacial score (nSPS) is 10.8. The van der Waals surface area contributed by atoms with E-state index in [0.717, 1.165) is 30.3 Å². The van der Waals surface area contributed by atoms with E-state index in [4.69, 9.17) is 9.47 Å². The van der Waals surface area contributed by atoms with Crippen LogP contribution < -0.4 is 9.64 Å². The van der Waals surface area contributed by atoms with Gasteiger partial charge in [-0.15, -0.1) is 0 Å². The summed E-state index contributed by atoms with van der Waals surface area (Å²) in [7, 11) is 3.77. The Bertz CT molecular complexity index is 561. The van der Waals surface area contributed by atoms with Gasteiger partial charge in [0.25, 0.3) is 0 Å². The predicted octanol–water partition coefficient (Wildman–Crippen LogP) is 4.68. The molecule has 118 valence electrons. The van der Waals surface area contributed by atoms with E-state index >= 15 is 0 Å². The molecule has 0 saturated heterocycles. The van der Waals surface area contributed by atoms with Crippen LogP contribution in [0.3, 0.4) is 0 Å². The number of hydrogen-bond acceptors (Lipinski definition) is 3. The Labute approximate surface area is 133 Å². The van der Waals surface area contributed by atoms with E-state index < -0.39 is 0 Å². The fourth-order valence-corrected chi connectivity index (χ4v) is 2.18. The molecule has 2 aromatic carbocycles. The summed E-state index contributed by atoms with van der Waals surface area (Å²) in [6.45, 7) is 5.97. The smallest absolute Gasteiger partial charge is 0.127 e. The van der Waals surface area contributed by atoms with Crippen molar-refractivity contribution in [3.05, 3.63) is 54.1 Å². The van der Waals surface area contributed by atoms with E-state index in [9.17, 15) is 0 Å². The quantitative estimate of drug-likeness (QED) is 0.740. The molecular weight excluding hydrogens is 274 g/mol. The van der Waals surface area contributed by atoms with Crippen LogP contribution in [0.25, 0.3) is 0 Å². The summed E-state index contributed by atoms with van der Waals surface area (Å²) < 4.78 is 11.0. The zero-order chi connectivity index (χ0) is 15.9. The zero-order valence-electron chi connectivity index (χ0n) is 13.9.